The number of hydrogen-bond donors (Lipinski definition) is 1. The summed E-state index contributed by atoms with van der Waals surface area (Å²) < 4.78 is 24.6. The molecule has 0 amide bonds. The molecule has 0 bridgehead atoms. The maximum absolute atomic E-state index is 11.8. The molecule has 0 unspecified atom stereocenters. The minimum Gasteiger partial charge on any atom is -0.205 e. The summed E-state index contributed by atoms with van der Waals surface area (Å²) in [5.74, 6) is -0.0917. The van der Waals surface area contributed by atoms with Gasteiger partial charge in [-0.15, -0.1) is 0 Å². The Morgan fingerprint density at radius 3 is 2.35 bits per heavy atom. The summed E-state index contributed by atoms with van der Waals surface area (Å²) >= 11 is 3.33. The van der Waals surface area contributed by atoms with Gasteiger partial charge in [-0.2, -0.15) is 5.10 Å². The fourth-order valence-electron chi connectivity index (χ4n) is 1.56. The van der Waals surface area contributed by atoms with Crippen molar-refractivity contribution in [1.82, 2.24) is 4.83 Å². The molecular weight excluding hydrogens is 340 g/mol. The van der Waals surface area contributed by atoms with Crippen molar-refractivity contribution in [3.05, 3.63) is 70.2 Å². The zero-order valence-corrected chi connectivity index (χ0v) is 12.9. The van der Waals surface area contributed by atoms with Crippen LogP contribution in [0.2, 0.25) is 0 Å². The molecule has 0 aromatic heterocycles. The number of halogens is 1. The molecule has 6 heteroatoms. The van der Waals surface area contributed by atoms with Crippen LogP contribution in [0, 0.1) is 0 Å². The molecule has 1 N–H and O–H groups in total. The van der Waals surface area contributed by atoms with Gasteiger partial charge in [-0.25, -0.2) is 13.2 Å². The van der Waals surface area contributed by atoms with Crippen molar-refractivity contribution in [3.63, 3.8) is 0 Å². The molecule has 0 aliphatic rings. The van der Waals surface area contributed by atoms with Gasteiger partial charge in [-0.1, -0.05) is 58.4 Å². The van der Waals surface area contributed by atoms with Crippen molar-refractivity contribution in [2.75, 3.05) is 0 Å². The van der Waals surface area contributed by atoms with Crippen LogP contribution in [0.4, 0.5) is 0 Å². The first-order valence-corrected chi connectivity index (χ1v) is 8.32. The molecule has 2 rings (SSSR count). The Bertz CT molecular complexity index is 683. The van der Waals surface area contributed by atoms with E-state index in [2.05, 4.69) is 25.9 Å². The van der Waals surface area contributed by atoms with E-state index in [4.69, 9.17) is 0 Å². The molecule has 0 aliphatic heterocycles. The Hall–Kier alpha value is -1.66. The summed E-state index contributed by atoms with van der Waals surface area (Å²) in [5.41, 5.74) is 1.54. The Kier molecular flexibility index (Phi) is 4.92. The van der Waals surface area contributed by atoms with E-state index in [1.165, 1.54) is 6.21 Å². The average molecular weight is 353 g/mol. The van der Waals surface area contributed by atoms with Crippen LogP contribution in [0.15, 0.2) is 64.2 Å². The van der Waals surface area contributed by atoms with E-state index >= 15 is 0 Å². The number of nitrogens with zero attached hydrogens (tertiary/aromatic N) is 1. The van der Waals surface area contributed by atoms with Crippen molar-refractivity contribution in [2.24, 2.45) is 5.10 Å². The van der Waals surface area contributed by atoms with Gasteiger partial charge in [0.1, 0.15) is 0 Å². The first-order valence-electron chi connectivity index (χ1n) is 5.87. The van der Waals surface area contributed by atoms with Gasteiger partial charge < -0.3 is 0 Å². The van der Waals surface area contributed by atoms with Crippen LogP contribution in [-0.4, -0.2) is 14.6 Å². The quantitative estimate of drug-likeness (QED) is 0.664. The van der Waals surface area contributed by atoms with E-state index in [0.717, 1.165) is 15.6 Å². The van der Waals surface area contributed by atoms with Crippen LogP contribution >= 0.6 is 15.9 Å². The number of hydrogen-bond acceptors (Lipinski definition) is 3. The molecular formula is C14H13BrN2O2S. The maximum atomic E-state index is 11.8. The van der Waals surface area contributed by atoms with Gasteiger partial charge in [-0.05, 0) is 23.3 Å². The van der Waals surface area contributed by atoms with Crippen LogP contribution in [0.25, 0.3) is 0 Å². The first-order chi connectivity index (χ1) is 9.55. The van der Waals surface area contributed by atoms with Crippen LogP contribution < -0.4 is 4.83 Å². The SMILES string of the molecule is O=S(=O)(Cc1ccccc1)N/N=C/c1ccc(Br)cc1. The third kappa shape index (κ3) is 4.79. The van der Waals surface area contributed by atoms with E-state index in [1.807, 2.05) is 30.3 Å². The van der Waals surface area contributed by atoms with E-state index in [1.54, 1.807) is 24.3 Å². The van der Waals surface area contributed by atoms with Gasteiger partial charge in [0.05, 0.1) is 12.0 Å². The van der Waals surface area contributed by atoms with Gasteiger partial charge in [-0.3, -0.25) is 0 Å². The van der Waals surface area contributed by atoms with Crippen molar-refractivity contribution < 1.29 is 8.42 Å². The Balaban J connectivity index is 1.97. The number of benzene rings is 2. The predicted octanol–water partition coefficient (Wildman–Crippen LogP) is 2.90. The summed E-state index contributed by atoms with van der Waals surface area (Å²) in [7, 11) is -3.47. The largest absolute Gasteiger partial charge is 0.251 e. The molecule has 0 radical (unpaired) electrons. The summed E-state index contributed by atoms with van der Waals surface area (Å²) in [6, 6.07) is 16.4. The lowest BCUT2D eigenvalue weighted by molar-refractivity contribution is 0.584. The molecule has 104 valence electrons. The zero-order valence-electron chi connectivity index (χ0n) is 10.5. The van der Waals surface area contributed by atoms with Crippen molar-refractivity contribution in [2.45, 2.75) is 5.75 Å². The second kappa shape index (κ2) is 6.67. The smallest absolute Gasteiger partial charge is 0.205 e. The molecule has 0 atom stereocenters. The highest BCUT2D eigenvalue weighted by molar-refractivity contribution is 9.10. The lowest BCUT2D eigenvalue weighted by Crippen LogP contribution is -2.20. The Labute approximate surface area is 126 Å². The molecule has 0 aliphatic carbocycles. The molecule has 20 heavy (non-hydrogen) atoms. The van der Waals surface area contributed by atoms with E-state index < -0.39 is 10.0 Å². The highest BCUT2D eigenvalue weighted by Crippen LogP contribution is 2.09. The molecule has 0 fully saturated rings. The van der Waals surface area contributed by atoms with Crippen molar-refractivity contribution in [1.29, 1.82) is 0 Å². The Morgan fingerprint density at radius 2 is 1.70 bits per heavy atom. The highest BCUT2D eigenvalue weighted by atomic mass is 79.9. The molecule has 0 saturated heterocycles. The van der Waals surface area contributed by atoms with Crippen LogP contribution in [0.5, 0.6) is 0 Å². The first kappa shape index (κ1) is 14.7. The normalized spacial score (nSPS) is 11.7. The lowest BCUT2D eigenvalue weighted by atomic mass is 10.2. The molecule has 0 heterocycles. The summed E-state index contributed by atoms with van der Waals surface area (Å²) in [5, 5.41) is 3.76. The van der Waals surface area contributed by atoms with Gasteiger partial charge in [0.2, 0.25) is 0 Å². The maximum Gasteiger partial charge on any atom is 0.251 e. The molecule has 0 saturated carbocycles. The van der Waals surface area contributed by atoms with E-state index in [9.17, 15) is 8.42 Å². The second-order valence-corrected chi connectivity index (χ2v) is 6.76. The summed E-state index contributed by atoms with van der Waals surface area (Å²) in [4.78, 5) is 2.20. The minimum atomic E-state index is -3.47. The zero-order chi connectivity index (χ0) is 14.4. The summed E-state index contributed by atoms with van der Waals surface area (Å²) in [6.45, 7) is 0. The Morgan fingerprint density at radius 1 is 1.05 bits per heavy atom. The van der Waals surface area contributed by atoms with Gasteiger partial charge in [0.25, 0.3) is 10.0 Å². The number of sulfonamides is 1. The van der Waals surface area contributed by atoms with Gasteiger partial charge >= 0.3 is 0 Å². The molecule has 4 nitrogen and oxygen atoms in total. The van der Waals surface area contributed by atoms with Gasteiger partial charge in [0.15, 0.2) is 0 Å². The number of nitrogens with one attached hydrogen (secondary N) is 1. The van der Waals surface area contributed by atoms with Crippen LogP contribution in [0.3, 0.4) is 0 Å². The predicted molar refractivity (Wildman–Crippen MR) is 83.9 cm³/mol. The fraction of sp³-hybridized carbons (Fsp3) is 0.0714. The summed E-state index contributed by atoms with van der Waals surface area (Å²) in [6.07, 6.45) is 1.47. The minimum absolute atomic E-state index is 0.0917. The number of rotatable bonds is 5. The molecule has 2 aromatic rings. The lowest BCUT2D eigenvalue weighted by Gasteiger charge is -2.03. The fourth-order valence-corrected chi connectivity index (χ4v) is 2.73. The van der Waals surface area contributed by atoms with E-state index in [0.29, 0.717) is 0 Å². The topological polar surface area (TPSA) is 58.5 Å². The monoisotopic (exact) mass is 352 g/mol. The van der Waals surface area contributed by atoms with Crippen molar-refractivity contribution >= 4 is 32.2 Å². The van der Waals surface area contributed by atoms with Crippen LogP contribution in [0.1, 0.15) is 11.1 Å². The second-order valence-electron chi connectivity index (χ2n) is 4.15. The standard InChI is InChI=1S/C14H13BrN2O2S/c15-14-8-6-12(7-9-14)10-16-17-20(18,19)11-13-4-2-1-3-5-13/h1-10,17H,11H2/b16-10+. The van der Waals surface area contributed by atoms with Crippen molar-refractivity contribution in [3.8, 4) is 0 Å². The van der Waals surface area contributed by atoms with Crippen LogP contribution in [-0.2, 0) is 15.8 Å². The molecule has 2 aromatic carbocycles. The highest BCUT2D eigenvalue weighted by Gasteiger charge is 2.09. The average Bonchev–Trinajstić information content (AvgIpc) is 2.41. The number of hydrazone groups is 1. The molecule has 0 spiro atoms. The third-order valence-electron chi connectivity index (χ3n) is 2.47. The van der Waals surface area contributed by atoms with Gasteiger partial charge in [0, 0.05) is 4.47 Å². The van der Waals surface area contributed by atoms with E-state index in [-0.39, 0.29) is 5.75 Å². The third-order valence-corrected chi connectivity index (χ3v) is 4.10.